The molecule has 0 spiro atoms. The second-order valence-corrected chi connectivity index (χ2v) is 6.97. The van der Waals surface area contributed by atoms with E-state index in [2.05, 4.69) is 0 Å². The minimum absolute atomic E-state index is 0.0696. The first kappa shape index (κ1) is 17.7. The topological polar surface area (TPSA) is 38.8 Å². The number of hydrogen-bond donors (Lipinski definition) is 0. The molecule has 2 unspecified atom stereocenters. The van der Waals surface area contributed by atoms with Gasteiger partial charge < -0.3 is 14.4 Å². The number of hydrogen-bond acceptors (Lipinski definition) is 3. The van der Waals surface area contributed by atoms with Crippen molar-refractivity contribution in [2.75, 3.05) is 13.1 Å². The van der Waals surface area contributed by atoms with E-state index < -0.39 is 17.9 Å². The molecule has 1 aliphatic rings. The number of carbonyl (C=O) groups excluding carboxylic acids is 1. The van der Waals surface area contributed by atoms with E-state index in [9.17, 15) is 9.18 Å². The standard InChI is InChI=1S/C18H26FNO3/c1-18(2,3)23-17(21)20-10-9-16(11-15(19)12-20)22-13-14-7-5-4-6-8-14/h4-8,15-16H,9-13H2,1-3H3. The molecule has 0 radical (unpaired) electrons. The summed E-state index contributed by atoms with van der Waals surface area (Å²) < 4.78 is 25.3. The van der Waals surface area contributed by atoms with Gasteiger partial charge in [-0.2, -0.15) is 0 Å². The smallest absolute Gasteiger partial charge is 0.410 e. The molecule has 0 bridgehead atoms. The molecule has 0 aromatic heterocycles. The molecule has 2 rings (SSSR count). The van der Waals surface area contributed by atoms with E-state index in [1.165, 1.54) is 4.90 Å². The fourth-order valence-electron chi connectivity index (χ4n) is 2.54. The van der Waals surface area contributed by atoms with Crippen LogP contribution < -0.4 is 0 Å². The van der Waals surface area contributed by atoms with Gasteiger partial charge in [-0.3, -0.25) is 0 Å². The predicted molar refractivity (Wildman–Crippen MR) is 87.0 cm³/mol. The lowest BCUT2D eigenvalue weighted by molar-refractivity contribution is 0.0189. The number of rotatable bonds is 3. The third-order valence-electron chi connectivity index (χ3n) is 3.64. The van der Waals surface area contributed by atoms with Crippen LogP contribution in [0.25, 0.3) is 0 Å². The Morgan fingerprint density at radius 2 is 2.00 bits per heavy atom. The molecule has 1 fully saturated rings. The molecule has 1 aromatic carbocycles. The van der Waals surface area contributed by atoms with Gasteiger partial charge in [-0.15, -0.1) is 0 Å². The van der Waals surface area contributed by atoms with Crippen molar-refractivity contribution in [2.45, 2.75) is 58.1 Å². The van der Waals surface area contributed by atoms with Gasteiger partial charge in [-0.05, 0) is 32.8 Å². The monoisotopic (exact) mass is 323 g/mol. The lowest BCUT2D eigenvalue weighted by atomic mass is 10.1. The predicted octanol–water partition coefficient (Wildman–Crippen LogP) is 3.94. The van der Waals surface area contributed by atoms with E-state index in [0.717, 1.165) is 5.56 Å². The van der Waals surface area contributed by atoms with Gasteiger partial charge in [0.15, 0.2) is 0 Å². The van der Waals surface area contributed by atoms with Crippen molar-refractivity contribution in [3.8, 4) is 0 Å². The minimum atomic E-state index is -1.09. The van der Waals surface area contributed by atoms with Crippen LogP contribution in [0.1, 0.15) is 39.2 Å². The Morgan fingerprint density at radius 1 is 1.30 bits per heavy atom. The summed E-state index contributed by atoms with van der Waals surface area (Å²) in [6, 6.07) is 9.82. The summed E-state index contributed by atoms with van der Waals surface area (Å²) in [4.78, 5) is 13.5. The maximum Gasteiger partial charge on any atom is 0.410 e. The third kappa shape index (κ3) is 6.18. The zero-order valence-corrected chi connectivity index (χ0v) is 14.1. The van der Waals surface area contributed by atoms with Gasteiger partial charge in [-0.1, -0.05) is 30.3 Å². The van der Waals surface area contributed by atoms with Crippen molar-refractivity contribution in [3.63, 3.8) is 0 Å². The van der Waals surface area contributed by atoms with Crippen molar-refractivity contribution < 1.29 is 18.7 Å². The Balaban J connectivity index is 1.86. The van der Waals surface area contributed by atoms with Crippen LogP contribution in [0.2, 0.25) is 0 Å². The summed E-state index contributed by atoms with van der Waals surface area (Å²) in [6.45, 7) is 6.41. The molecule has 1 heterocycles. The third-order valence-corrected chi connectivity index (χ3v) is 3.64. The Labute approximate surface area is 137 Å². The van der Waals surface area contributed by atoms with Crippen molar-refractivity contribution in [1.82, 2.24) is 4.90 Å². The Morgan fingerprint density at radius 3 is 2.65 bits per heavy atom. The first-order valence-corrected chi connectivity index (χ1v) is 8.11. The van der Waals surface area contributed by atoms with Crippen LogP contribution in [0.15, 0.2) is 30.3 Å². The van der Waals surface area contributed by atoms with Crippen LogP contribution in [-0.4, -0.2) is 42.0 Å². The lowest BCUT2D eigenvalue weighted by Crippen LogP contribution is -2.39. The Kier molecular flexibility index (Phi) is 5.99. The van der Waals surface area contributed by atoms with Crippen LogP contribution in [0.3, 0.4) is 0 Å². The zero-order chi connectivity index (χ0) is 16.9. The molecule has 4 nitrogen and oxygen atoms in total. The fraction of sp³-hybridized carbons (Fsp3) is 0.611. The molecule has 0 saturated carbocycles. The van der Waals surface area contributed by atoms with E-state index in [4.69, 9.17) is 9.47 Å². The van der Waals surface area contributed by atoms with Crippen LogP contribution in [-0.2, 0) is 16.1 Å². The largest absolute Gasteiger partial charge is 0.444 e. The highest BCUT2D eigenvalue weighted by Gasteiger charge is 2.30. The molecular weight excluding hydrogens is 297 g/mol. The molecule has 0 aliphatic carbocycles. The summed E-state index contributed by atoms with van der Waals surface area (Å²) in [7, 11) is 0. The number of benzene rings is 1. The number of alkyl halides is 1. The number of halogens is 1. The zero-order valence-electron chi connectivity index (χ0n) is 14.1. The normalized spacial score (nSPS) is 22.5. The molecule has 5 heteroatoms. The highest BCUT2D eigenvalue weighted by atomic mass is 19.1. The number of carbonyl (C=O) groups is 1. The average molecular weight is 323 g/mol. The molecule has 128 valence electrons. The summed E-state index contributed by atoms with van der Waals surface area (Å²) >= 11 is 0. The van der Waals surface area contributed by atoms with Crippen molar-refractivity contribution in [1.29, 1.82) is 0 Å². The van der Waals surface area contributed by atoms with E-state index in [1.807, 2.05) is 30.3 Å². The summed E-state index contributed by atoms with van der Waals surface area (Å²) in [5.74, 6) is 0. The quantitative estimate of drug-likeness (QED) is 0.845. The highest BCUT2D eigenvalue weighted by molar-refractivity contribution is 5.68. The average Bonchev–Trinajstić information content (AvgIpc) is 2.66. The lowest BCUT2D eigenvalue weighted by Gasteiger charge is -2.26. The first-order chi connectivity index (χ1) is 10.8. The van der Waals surface area contributed by atoms with Crippen molar-refractivity contribution in [3.05, 3.63) is 35.9 Å². The molecule has 1 aliphatic heterocycles. The number of ether oxygens (including phenoxy) is 2. The molecule has 0 N–H and O–H groups in total. The molecule has 2 atom stereocenters. The first-order valence-electron chi connectivity index (χ1n) is 8.11. The van der Waals surface area contributed by atoms with E-state index in [-0.39, 0.29) is 12.6 Å². The molecule has 1 amide bonds. The second-order valence-electron chi connectivity index (χ2n) is 6.97. The summed E-state index contributed by atoms with van der Waals surface area (Å²) in [6.07, 6.45) is -0.800. The van der Waals surface area contributed by atoms with Gasteiger partial charge in [0, 0.05) is 13.0 Å². The maximum atomic E-state index is 14.1. The molecular formula is C18H26FNO3. The summed E-state index contributed by atoms with van der Waals surface area (Å²) in [5, 5.41) is 0. The molecule has 1 aromatic rings. The van der Waals surface area contributed by atoms with Gasteiger partial charge in [0.2, 0.25) is 0 Å². The number of likely N-dealkylation sites (tertiary alicyclic amines) is 1. The Hall–Kier alpha value is -1.62. The SMILES string of the molecule is CC(C)(C)OC(=O)N1CCC(OCc2ccccc2)CC(F)C1. The van der Waals surface area contributed by atoms with Crippen LogP contribution in [0, 0.1) is 0 Å². The maximum absolute atomic E-state index is 14.1. The number of amides is 1. The second kappa shape index (κ2) is 7.77. The van der Waals surface area contributed by atoms with E-state index in [1.54, 1.807) is 20.8 Å². The van der Waals surface area contributed by atoms with E-state index >= 15 is 0 Å². The highest BCUT2D eigenvalue weighted by Crippen LogP contribution is 2.20. The van der Waals surface area contributed by atoms with E-state index in [0.29, 0.717) is 26.0 Å². The number of nitrogens with zero attached hydrogens (tertiary/aromatic N) is 1. The van der Waals surface area contributed by atoms with Crippen molar-refractivity contribution >= 4 is 6.09 Å². The summed E-state index contributed by atoms with van der Waals surface area (Å²) in [5.41, 5.74) is 0.495. The van der Waals surface area contributed by atoms with Gasteiger partial charge in [0.1, 0.15) is 11.8 Å². The van der Waals surface area contributed by atoms with Gasteiger partial charge >= 0.3 is 6.09 Å². The van der Waals surface area contributed by atoms with Gasteiger partial charge in [-0.25, -0.2) is 9.18 Å². The van der Waals surface area contributed by atoms with Crippen LogP contribution in [0.5, 0.6) is 0 Å². The van der Waals surface area contributed by atoms with Crippen molar-refractivity contribution in [2.24, 2.45) is 0 Å². The fourth-order valence-corrected chi connectivity index (χ4v) is 2.54. The van der Waals surface area contributed by atoms with Crippen LogP contribution >= 0.6 is 0 Å². The van der Waals surface area contributed by atoms with Gasteiger partial charge in [0.05, 0.1) is 19.3 Å². The molecule has 23 heavy (non-hydrogen) atoms. The minimum Gasteiger partial charge on any atom is -0.444 e. The van der Waals surface area contributed by atoms with Gasteiger partial charge in [0.25, 0.3) is 0 Å². The van der Waals surface area contributed by atoms with Crippen LogP contribution in [0.4, 0.5) is 9.18 Å². The Bertz CT molecular complexity index is 501. The molecule has 1 saturated heterocycles.